The van der Waals surface area contributed by atoms with Crippen molar-refractivity contribution in [3.05, 3.63) is 24.0 Å². The van der Waals surface area contributed by atoms with E-state index in [0.717, 1.165) is 32.5 Å². The van der Waals surface area contributed by atoms with E-state index in [1.54, 1.807) is 6.07 Å². The zero-order valence-electron chi connectivity index (χ0n) is 12.6. The van der Waals surface area contributed by atoms with Gasteiger partial charge in [-0.3, -0.25) is 0 Å². The summed E-state index contributed by atoms with van der Waals surface area (Å²) in [6.07, 6.45) is 7.05. The number of likely N-dealkylation sites (tertiary alicyclic amines) is 1. The smallest absolute Gasteiger partial charge is 0.352 e. The third kappa shape index (κ3) is 3.30. The summed E-state index contributed by atoms with van der Waals surface area (Å²) >= 11 is 0. The number of carboxylic acid groups (broad SMARTS) is 1. The molecule has 21 heavy (non-hydrogen) atoms. The Morgan fingerprint density at radius 3 is 2.71 bits per heavy atom. The number of nitrogens with zero attached hydrogens (tertiary/aromatic N) is 2. The standard InChI is InChI=1S/C16H24N2O3/c1-12-4-5-14(21-12)11-17-9-6-13(7-10-17)18-8-2-3-15(18)16(19)20/h2-3,8,12-14H,4-7,9-11H2,1H3,(H,19,20). The molecule has 1 aromatic rings. The summed E-state index contributed by atoms with van der Waals surface area (Å²) in [5, 5.41) is 9.20. The molecule has 1 N–H and O–H groups in total. The Kier molecular flexibility index (Phi) is 4.31. The van der Waals surface area contributed by atoms with Crippen molar-refractivity contribution in [3.8, 4) is 0 Å². The summed E-state index contributed by atoms with van der Waals surface area (Å²) in [4.78, 5) is 13.7. The van der Waals surface area contributed by atoms with Gasteiger partial charge in [0.25, 0.3) is 0 Å². The van der Waals surface area contributed by atoms with Gasteiger partial charge in [0.2, 0.25) is 0 Å². The average Bonchev–Trinajstić information content (AvgIpc) is 3.09. The molecule has 2 aliphatic rings. The number of piperidine rings is 1. The maximum atomic E-state index is 11.2. The van der Waals surface area contributed by atoms with Gasteiger partial charge in [-0.05, 0) is 44.7 Å². The van der Waals surface area contributed by atoms with Crippen LogP contribution in [0.5, 0.6) is 0 Å². The second-order valence-electron chi connectivity index (χ2n) is 6.28. The van der Waals surface area contributed by atoms with E-state index in [1.807, 2.05) is 16.8 Å². The van der Waals surface area contributed by atoms with Crippen LogP contribution in [0.15, 0.2) is 18.3 Å². The summed E-state index contributed by atoms with van der Waals surface area (Å²) in [6, 6.07) is 3.82. The van der Waals surface area contributed by atoms with Gasteiger partial charge in [0.1, 0.15) is 5.69 Å². The highest BCUT2D eigenvalue weighted by Crippen LogP contribution is 2.26. The first-order valence-electron chi connectivity index (χ1n) is 7.91. The molecule has 0 saturated carbocycles. The number of carboxylic acids is 1. The first-order chi connectivity index (χ1) is 10.1. The average molecular weight is 292 g/mol. The van der Waals surface area contributed by atoms with Gasteiger partial charge in [-0.15, -0.1) is 0 Å². The van der Waals surface area contributed by atoms with Gasteiger partial charge >= 0.3 is 5.97 Å². The molecule has 116 valence electrons. The minimum Gasteiger partial charge on any atom is -0.477 e. The molecule has 0 aliphatic carbocycles. The third-order valence-electron chi connectivity index (χ3n) is 4.73. The summed E-state index contributed by atoms with van der Waals surface area (Å²) in [6.45, 7) is 5.21. The van der Waals surface area contributed by atoms with E-state index in [1.165, 1.54) is 12.8 Å². The lowest BCUT2D eigenvalue weighted by atomic mass is 10.0. The monoisotopic (exact) mass is 292 g/mol. The van der Waals surface area contributed by atoms with Crippen molar-refractivity contribution in [2.45, 2.75) is 50.9 Å². The highest BCUT2D eigenvalue weighted by atomic mass is 16.5. The molecule has 2 unspecified atom stereocenters. The Morgan fingerprint density at radius 2 is 2.10 bits per heavy atom. The van der Waals surface area contributed by atoms with Crippen LogP contribution in [-0.2, 0) is 4.74 Å². The second kappa shape index (κ2) is 6.20. The van der Waals surface area contributed by atoms with E-state index in [2.05, 4.69) is 11.8 Å². The number of aromatic nitrogens is 1. The summed E-state index contributed by atoms with van der Waals surface area (Å²) < 4.78 is 7.81. The molecule has 0 spiro atoms. The summed E-state index contributed by atoms with van der Waals surface area (Å²) in [7, 11) is 0. The third-order valence-corrected chi connectivity index (χ3v) is 4.73. The van der Waals surface area contributed by atoms with E-state index < -0.39 is 5.97 Å². The molecular formula is C16H24N2O3. The Labute approximate surface area is 125 Å². The minimum atomic E-state index is -0.837. The molecule has 0 radical (unpaired) electrons. The van der Waals surface area contributed by atoms with Crippen LogP contribution in [0.25, 0.3) is 0 Å². The zero-order valence-corrected chi connectivity index (χ0v) is 12.6. The van der Waals surface area contributed by atoms with Crippen LogP contribution < -0.4 is 0 Å². The number of hydrogen-bond acceptors (Lipinski definition) is 3. The molecule has 1 aromatic heterocycles. The zero-order chi connectivity index (χ0) is 14.8. The van der Waals surface area contributed by atoms with E-state index in [9.17, 15) is 9.90 Å². The van der Waals surface area contributed by atoms with E-state index >= 15 is 0 Å². The molecule has 3 heterocycles. The van der Waals surface area contributed by atoms with Crippen LogP contribution in [0, 0.1) is 0 Å². The quantitative estimate of drug-likeness (QED) is 0.926. The van der Waals surface area contributed by atoms with Crippen LogP contribution in [0.1, 0.15) is 49.1 Å². The molecule has 3 rings (SSSR count). The number of rotatable bonds is 4. The van der Waals surface area contributed by atoms with Gasteiger partial charge in [0.15, 0.2) is 0 Å². The molecule has 0 bridgehead atoms. The highest BCUT2D eigenvalue weighted by molar-refractivity contribution is 5.85. The van der Waals surface area contributed by atoms with Crippen molar-refractivity contribution < 1.29 is 14.6 Å². The van der Waals surface area contributed by atoms with Crippen LogP contribution in [-0.4, -0.2) is 52.4 Å². The fraction of sp³-hybridized carbons (Fsp3) is 0.688. The van der Waals surface area contributed by atoms with Crippen molar-refractivity contribution in [1.82, 2.24) is 9.47 Å². The minimum absolute atomic E-state index is 0.311. The highest BCUT2D eigenvalue weighted by Gasteiger charge is 2.27. The van der Waals surface area contributed by atoms with Crippen LogP contribution >= 0.6 is 0 Å². The molecule has 2 atom stereocenters. The number of aromatic carboxylic acids is 1. The predicted molar refractivity (Wildman–Crippen MR) is 79.7 cm³/mol. The normalized spacial score (nSPS) is 28.0. The van der Waals surface area contributed by atoms with Gasteiger partial charge in [0.05, 0.1) is 12.2 Å². The van der Waals surface area contributed by atoms with Gasteiger partial charge in [-0.25, -0.2) is 4.79 Å². The van der Waals surface area contributed by atoms with E-state index in [4.69, 9.17) is 4.74 Å². The van der Waals surface area contributed by atoms with Crippen molar-refractivity contribution in [3.63, 3.8) is 0 Å². The van der Waals surface area contributed by atoms with E-state index in [-0.39, 0.29) is 0 Å². The van der Waals surface area contributed by atoms with Gasteiger partial charge < -0.3 is 19.3 Å². The SMILES string of the molecule is CC1CCC(CN2CCC(n3cccc3C(=O)O)CC2)O1. The first-order valence-corrected chi connectivity index (χ1v) is 7.91. The van der Waals surface area contributed by atoms with Crippen LogP contribution in [0.2, 0.25) is 0 Å². The van der Waals surface area contributed by atoms with Crippen molar-refractivity contribution in [2.75, 3.05) is 19.6 Å². The molecule has 5 nitrogen and oxygen atoms in total. The van der Waals surface area contributed by atoms with Crippen LogP contribution in [0.4, 0.5) is 0 Å². The lowest BCUT2D eigenvalue weighted by Gasteiger charge is -2.34. The topological polar surface area (TPSA) is 54.7 Å². The molecule has 0 aromatic carbocycles. The lowest BCUT2D eigenvalue weighted by molar-refractivity contribution is 0.0242. The maximum Gasteiger partial charge on any atom is 0.352 e. The maximum absolute atomic E-state index is 11.2. The molecule has 5 heteroatoms. The van der Waals surface area contributed by atoms with Gasteiger partial charge in [-0.2, -0.15) is 0 Å². The van der Waals surface area contributed by atoms with Gasteiger partial charge in [0, 0.05) is 31.9 Å². The Bertz CT molecular complexity index is 491. The Hall–Kier alpha value is -1.33. The molecule has 2 fully saturated rings. The second-order valence-corrected chi connectivity index (χ2v) is 6.28. The number of hydrogen-bond donors (Lipinski definition) is 1. The first kappa shape index (κ1) is 14.6. The summed E-state index contributed by atoms with van der Waals surface area (Å²) in [5.41, 5.74) is 0.404. The lowest BCUT2D eigenvalue weighted by Crippen LogP contribution is -2.39. The number of carbonyl (C=O) groups is 1. The van der Waals surface area contributed by atoms with Crippen LogP contribution in [0.3, 0.4) is 0 Å². The molecule has 2 aliphatic heterocycles. The van der Waals surface area contributed by atoms with Crippen molar-refractivity contribution in [1.29, 1.82) is 0 Å². The largest absolute Gasteiger partial charge is 0.477 e. The fourth-order valence-corrected chi connectivity index (χ4v) is 3.58. The Morgan fingerprint density at radius 1 is 1.33 bits per heavy atom. The number of ether oxygens (including phenoxy) is 1. The summed E-state index contributed by atoms with van der Waals surface area (Å²) in [5.74, 6) is -0.837. The van der Waals surface area contributed by atoms with Crippen molar-refractivity contribution in [2.24, 2.45) is 0 Å². The fourth-order valence-electron chi connectivity index (χ4n) is 3.58. The van der Waals surface area contributed by atoms with Gasteiger partial charge in [-0.1, -0.05) is 0 Å². The van der Waals surface area contributed by atoms with E-state index in [0.29, 0.717) is 23.9 Å². The molecule has 0 amide bonds. The molecule has 2 saturated heterocycles. The molecular weight excluding hydrogens is 268 g/mol. The van der Waals surface area contributed by atoms with Crippen molar-refractivity contribution >= 4 is 5.97 Å². The predicted octanol–water partition coefficient (Wildman–Crippen LogP) is 2.39. The Balaban J connectivity index is 1.53.